The Morgan fingerprint density at radius 3 is 2.14 bits per heavy atom. The predicted octanol–water partition coefficient (Wildman–Crippen LogP) is 4.03. The van der Waals surface area contributed by atoms with E-state index in [1.807, 2.05) is 49.1 Å². The third-order valence-electron chi connectivity index (χ3n) is 6.48. The first-order valence-electron chi connectivity index (χ1n) is 10.3. The Labute approximate surface area is 179 Å². The van der Waals surface area contributed by atoms with Crippen LogP contribution in [0.5, 0.6) is 0 Å². The SMILES string of the molecule is Cc1ccc(C(=O)c2ccccc2C(=O)N2CC[C@@H]3CNC[C@@H]3CC2)cc1C.Cl. The maximum absolute atomic E-state index is 13.3. The molecule has 2 aliphatic heterocycles. The van der Waals surface area contributed by atoms with E-state index in [2.05, 4.69) is 5.32 Å². The summed E-state index contributed by atoms with van der Waals surface area (Å²) in [5.41, 5.74) is 3.91. The Kier molecular flexibility index (Phi) is 6.76. The normalized spacial score (nSPS) is 21.1. The molecule has 2 heterocycles. The zero-order valence-corrected chi connectivity index (χ0v) is 17.9. The Bertz CT molecular complexity index is 898. The van der Waals surface area contributed by atoms with Crippen molar-refractivity contribution in [1.82, 2.24) is 10.2 Å². The number of amides is 1. The minimum Gasteiger partial charge on any atom is -0.339 e. The third kappa shape index (κ3) is 4.39. The van der Waals surface area contributed by atoms with Gasteiger partial charge in [-0.3, -0.25) is 9.59 Å². The van der Waals surface area contributed by atoms with Crippen LogP contribution in [0.2, 0.25) is 0 Å². The molecule has 0 bridgehead atoms. The first-order valence-corrected chi connectivity index (χ1v) is 10.3. The molecule has 0 unspecified atom stereocenters. The summed E-state index contributed by atoms with van der Waals surface area (Å²) in [5.74, 6) is 1.25. The van der Waals surface area contributed by atoms with Crippen molar-refractivity contribution in [3.63, 3.8) is 0 Å². The Balaban J connectivity index is 0.00000240. The first-order chi connectivity index (χ1) is 13.5. The highest BCUT2D eigenvalue weighted by Gasteiger charge is 2.32. The van der Waals surface area contributed by atoms with Crippen molar-refractivity contribution in [3.05, 3.63) is 70.3 Å². The largest absolute Gasteiger partial charge is 0.339 e. The van der Waals surface area contributed by atoms with Crippen molar-refractivity contribution in [2.75, 3.05) is 26.2 Å². The molecule has 29 heavy (non-hydrogen) atoms. The van der Waals surface area contributed by atoms with Crippen LogP contribution in [0.4, 0.5) is 0 Å². The van der Waals surface area contributed by atoms with Gasteiger partial charge in [0, 0.05) is 24.2 Å². The van der Waals surface area contributed by atoms with Gasteiger partial charge >= 0.3 is 0 Å². The molecule has 0 spiro atoms. The number of hydrogen-bond acceptors (Lipinski definition) is 3. The maximum Gasteiger partial charge on any atom is 0.254 e. The monoisotopic (exact) mass is 412 g/mol. The van der Waals surface area contributed by atoms with E-state index in [1.165, 1.54) is 0 Å². The molecule has 0 aliphatic carbocycles. The number of benzene rings is 2. The fraction of sp³-hybridized carbons (Fsp3) is 0.417. The number of nitrogens with zero attached hydrogens (tertiary/aromatic N) is 1. The number of halogens is 1. The standard InChI is InChI=1S/C24H28N2O2.ClH/c1-16-7-8-18(13-17(16)2)23(27)21-5-3-4-6-22(21)24(28)26-11-9-19-14-25-15-20(19)10-12-26;/h3-8,13,19-20,25H,9-12,14-15H2,1-2H3;1H/t19-,20+;. The van der Waals surface area contributed by atoms with E-state index in [4.69, 9.17) is 0 Å². The second-order valence-corrected chi connectivity index (χ2v) is 8.22. The Hall–Kier alpha value is -2.17. The van der Waals surface area contributed by atoms with Crippen LogP contribution >= 0.6 is 12.4 Å². The summed E-state index contributed by atoms with van der Waals surface area (Å²) in [6.45, 7) is 7.71. The predicted molar refractivity (Wildman–Crippen MR) is 118 cm³/mol. The molecule has 4 nitrogen and oxygen atoms in total. The van der Waals surface area contributed by atoms with Crippen molar-refractivity contribution >= 4 is 24.1 Å². The van der Waals surface area contributed by atoms with Crippen LogP contribution in [0.1, 0.15) is 50.2 Å². The highest BCUT2D eigenvalue weighted by molar-refractivity contribution is 6.15. The fourth-order valence-electron chi connectivity index (χ4n) is 4.50. The van der Waals surface area contributed by atoms with Crippen molar-refractivity contribution in [2.24, 2.45) is 11.8 Å². The van der Waals surface area contributed by atoms with E-state index >= 15 is 0 Å². The van der Waals surface area contributed by atoms with Crippen molar-refractivity contribution in [2.45, 2.75) is 26.7 Å². The van der Waals surface area contributed by atoms with Gasteiger partial charge in [-0.05, 0) is 74.9 Å². The minimum atomic E-state index is -0.0806. The Morgan fingerprint density at radius 2 is 1.52 bits per heavy atom. The van der Waals surface area contributed by atoms with E-state index in [9.17, 15) is 9.59 Å². The summed E-state index contributed by atoms with van der Waals surface area (Å²) in [4.78, 5) is 28.4. The fourth-order valence-corrected chi connectivity index (χ4v) is 4.50. The van der Waals surface area contributed by atoms with Gasteiger partial charge in [0.05, 0.1) is 5.56 Å². The van der Waals surface area contributed by atoms with Gasteiger partial charge in [0.1, 0.15) is 0 Å². The lowest BCUT2D eigenvalue weighted by Crippen LogP contribution is -2.33. The van der Waals surface area contributed by atoms with Crippen LogP contribution in [-0.2, 0) is 0 Å². The lowest BCUT2D eigenvalue weighted by molar-refractivity contribution is 0.0754. The van der Waals surface area contributed by atoms with Crippen LogP contribution in [0.3, 0.4) is 0 Å². The number of fused-ring (bicyclic) bond motifs is 1. The van der Waals surface area contributed by atoms with Crippen LogP contribution in [0.15, 0.2) is 42.5 Å². The number of likely N-dealkylation sites (tertiary alicyclic amines) is 1. The van der Waals surface area contributed by atoms with Gasteiger partial charge in [-0.2, -0.15) is 0 Å². The molecule has 0 radical (unpaired) electrons. The van der Waals surface area contributed by atoms with Crippen molar-refractivity contribution in [1.29, 1.82) is 0 Å². The first kappa shape index (κ1) is 21.5. The molecular weight excluding hydrogens is 384 g/mol. The average molecular weight is 413 g/mol. The summed E-state index contributed by atoms with van der Waals surface area (Å²) in [5, 5.41) is 3.47. The Morgan fingerprint density at radius 1 is 0.897 bits per heavy atom. The molecular formula is C24H29ClN2O2. The number of carbonyl (C=O) groups excluding carboxylic acids is 2. The highest BCUT2D eigenvalue weighted by atomic mass is 35.5. The molecule has 2 saturated heterocycles. The van der Waals surface area contributed by atoms with Crippen LogP contribution in [0, 0.1) is 25.7 Å². The van der Waals surface area contributed by atoms with Crippen molar-refractivity contribution in [3.8, 4) is 0 Å². The molecule has 2 aromatic carbocycles. The van der Waals surface area contributed by atoms with Gasteiger partial charge in [0.15, 0.2) is 5.78 Å². The van der Waals surface area contributed by atoms with Gasteiger partial charge < -0.3 is 10.2 Å². The molecule has 0 aromatic heterocycles. The van der Waals surface area contributed by atoms with E-state index in [-0.39, 0.29) is 24.1 Å². The smallest absolute Gasteiger partial charge is 0.254 e. The molecule has 1 amide bonds. The van der Waals surface area contributed by atoms with Gasteiger partial charge in [-0.15, -0.1) is 12.4 Å². The average Bonchev–Trinajstić information content (AvgIpc) is 3.07. The van der Waals surface area contributed by atoms with Crippen molar-refractivity contribution < 1.29 is 9.59 Å². The molecule has 2 fully saturated rings. The number of nitrogens with one attached hydrogen (secondary N) is 1. The molecule has 154 valence electrons. The number of hydrogen-bond donors (Lipinski definition) is 1. The van der Waals surface area contributed by atoms with E-state index in [0.29, 0.717) is 28.5 Å². The van der Waals surface area contributed by atoms with Crippen LogP contribution < -0.4 is 5.32 Å². The minimum absolute atomic E-state index is 0. The topological polar surface area (TPSA) is 49.4 Å². The lowest BCUT2D eigenvalue weighted by atomic mass is 9.92. The number of aryl methyl sites for hydroxylation is 2. The van der Waals surface area contributed by atoms with E-state index < -0.39 is 0 Å². The second-order valence-electron chi connectivity index (χ2n) is 8.22. The summed E-state index contributed by atoms with van der Waals surface area (Å²) in [6, 6.07) is 13.0. The summed E-state index contributed by atoms with van der Waals surface area (Å²) < 4.78 is 0. The van der Waals surface area contributed by atoms with Crippen LogP contribution in [0.25, 0.3) is 0 Å². The number of carbonyl (C=O) groups is 2. The molecule has 5 heteroatoms. The maximum atomic E-state index is 13.3. The third-order valence-corrected chi connectivity index (χ3v) is 6.48. The number of rotatable bonds is 3. The van der Waals surface area contributed by atoms with E-state index in [0.717, 1.165) is 50.1 Å². The highest BCUT2D eigenvalue weighted by Crippen LogP contribution is 2.28. The number of ketones is 1. The second kappa shape index (κ2) is 9.10. The lowest BCUT2D eigenvalue weighted by Gasteiger charge is -2.22. The quantitative estimate of drug-likeness (QED) is 0.774. The molecule has 2 aromatic rings. The molecule has 2 aliphatic rings. The summed E-state index contributed by atoms with van der Waals surface area (Å²) in [6.07, 6.45) is 2.08. The van der Waals surface area contributed by atoms with Gasteiger partial charge in [0.2, 0.25) is 0 Å². The molecule has 4 rings (SSSR count). The van der Waals surface area contributed by atoms with Gasteiger partial charge in [0.25, 0.3) is 5.91 Å². The molecule has 1 N–H and O–H groups in total. The molecule has 2 atom stereocenters. The summed E-state index contributed by atoms with van der Waals surface area (Å²) in [7, 11) is 0. The molecule has 0 saturated carbocycles. The van der Waals surface area contributed by atoms with Gasteiger partial charge in [-0.1, -0.05) is 30.3 Å². The van der Waals surface area contributed by atoms with E-state index in [1.54, 1.807) is 12.1 Å². The van der Waals surface area contributed by atoms with Gasteiger partial charge in [-0.25, -0.2) is 0 Å². The van der Waals surface area contributed by atoms with Crippen LogP contribution in [-0.4, -0.2) is 42.8 Å². The zero-order valence-electron chi connectivity index (χ0n) is 17.1. The zero-order chi connectivity index (χ0) is 19.7. The summed E-state index contributed by atoms with van der Waals surface area (Å²) >= 11 is 0.